The van der Waals surface area contributed by atoms with Crippen LogP contribution in [0.25, 0.3) is 10.6 Å². The molecule has 1 aliphatic heterocycles. The molecule has 132 valence electrons. The van der Waals surface area contributed by atoms with Crippen LogP contribution in [0.2, 0.25) is 0 Å². The molecular weight excluding hydrogens is 342 g/mol. The van der Waals surface area contributed by atoms with Gasteiger partial charge < -0.3 is 4.90 Å². The highest BCUT2D eigenvalue weighted by molar-refractivity contribution is 7.17. The van der Waals surface area contributed by atoms with E-state index < -0.39 is 0 Å². The molecule has 4 nitrogen and oxygen atoms in total. The summed E-state index contributed by atoms with van der Waals surface area (Å²) < 4.78 is 0. The van der Waals surface area contributed by atoms with Crippen molar-refractivity contribution in [2.45, 2.75) is 32.2 Å². The highest BCUT2D eigenvalue weighted by atomic mass is 32.1. The van der Waals surface area contributed by atoms with Crippen LogP contribution in [0.4, 0.5) is 0 Å². The summed E-state index contributed by atoms with van der Waals surface area (Å²) >= 11 is 1.49. The van der Waals surface area contributed by atoms with Crippen molar-refractivity contribution in [2.24, 2.45) is 0 Å². The molecule has 0 unspecified atom stereocenters. The molecule has 1 atom stereocenters. The lowest BCUT2D eigenvalue weighted by molar-refractivity contribution is 0.0615. The van der Waals surface area contributed by atoms with Crippen molar-refractivity contribution in [2.75, 3.05) is 6.54 Å². The fraction of sp³-hybridized carbons (Fsp3) is 0.286. The fourth-order valence-corrected chi connectivity index (χ4v) is 4.55. The topological polar surface area (TPSA) is 46.1 Å². The maximum atomic E-state index is 13.3. The van der Waals surface area contributed by atoms with Crippen LogP contribution in [0.15, 0.2) is 54.9 Å². The number of aromatic nitrogens is 2. The summed E-state index contributed by atoms with van der Waals surface area (Å²) in [6.07, 6.45) is 6.83. The van der Waals surface area contributed by atoms with Gasteiger partial charge in [-0.2, -0.15) is 0 Å². The normalized spacial score (nSPS) is 17.3. The average molecular weight is 363 g/mol. The minimum Gasteiger partial charge on any atom is -0.331 e. The van der Waals surface area contributed by atoms with Crippen LogP contribution in [-0.4, -0.2) is 27.3 Å². The minimum absolute atomic E-state index is 0.0933. The Kier molecular flexibility index (Phi) is 4.80. The molecule has 1 aliphatic rings. The number of nitrogens with zero attached hydrogens (tertiary/aromatic N) is 3. The summed E-state index contributed by atoms with van der Waals surface area (Å²) in [4.78, 5) is 25.0. The van der Waals surface area contributed by atoms with Gasteiger partial charge in [0.15, 0.2) is 0 Å². The Hall–Kier alpha value is -2.53. The summed E-state index contributed by atoms with van der Waals surface area (Å²) in [7, 11) is 0. The molecule has 1 aromatic carbocycles. The zero-order valence-corrected chi connectivity index (χ0v) is 15.6. The predicted molar refractivity (Wildman–Crippen MR) is 104 cm³/mol. The number of thiazole rings is 1. The van der Waals surface area contributed by atoms with Crippen molar-refractivity contribution in [3.63, 3.8) is 0 Å². The molecule has 1 fully saturated rings. The first-order valence-corrected chi connectivity index (χ1v) is 9.79. The first-order valence-electron chi connectivity index (χ1n) is 8.98. The zero-order chi connectivity index (χ0) is 17.9. The second-order valence-corrected chi connectivity index (χ2v) is 7.60. The zero-order valence-electron chi connectivity index (χ0n) is 14.8. The Labute approximate surface area is 157 Å². The van der Waals surface area contributed by atoms with Crippen molar-refractivity contribution in [1.82, 2.24) is 14.9 Å². The average Bonchev–Trinajstić information content (AvgIpc) is 3.10. The van der Waals surface area contributed by atoms with E-state index in [-0.39, 0.29) is 11.9 Å². The quantitative estimate of drug-likeness (QED) is 0.666. The summed E-state index contributed by atoms with van der Waals surface area (Å²) in [5, 5.41) is 0.904. The van der Waals surface area contributed by atoms with E-state index in [2.05, 4.69) is 16.0 Å². The third-order valence-electron chi connectivity index (χ3n) is 4.84. The van der Waals surface area contributed by atoms with E-state index in [4.69, 9.17) is 0 Å². The first kappa shape index (κ1) is 16.9. The van der Waals surface area contributed by atoms with Gasteiger partial charge in [-0.05, 0) is 37.8 Å². The molecule has 0 bridgehead atoms. The predicted octanol–water partition coefficient (Wildman–Crippen LogP) is 4.88. The molecule has 3 aromatic rings. The third kappa shape index (κ3) is 3.27. The van der Waals surface area contributed by atoms with Gasteiger partial charge in [0.2, 0.25) is 0 Å². The van der Waals surface area contributed by atoms with E-state index in [0.717, 1.165) is 52.5 Å². The number of piperidine rings is 1. The number of pyridine rings is 1. The number of likely N-dealkylation sites (tertiary alicyclic amines) is 1. The molecule has 0 N–H and O–H groups in total. The SMILES string of the molecule is Cc1nc(-c2ccccc2)sc1C(=O)N1CCCC[C@@H]1c1cccnc1. The monoisotopic (exact) mass is 363 g/mol. The Morgan fingerprint density at radius 1 is 1.15 bits per heavy atom. The van der Waals surface area contributed by atoms with Crippen molar-refractivity contribution in [1.29, 1.82) is 0 Å². The van der Waals surface area contributed by atoms with Crippen molar-refractivity contribution in [3.05, 3.63) is 71.0 Å². The lowest BCUT2D eigenvalue weighted by Gasteiger charge is -2.35. The molecule has 3 heterocycles. The lowest BCUT2D eigenvalue weighted by atomic mass is 9.96. The Morgan fingerprint density at radius 3 is 2.77 bits per heavy atom. The standard InChI is InChI=1S/C21H21N3OS/c1-15-19(26-20(23-15)16-8-3-2-4-9-16)21(25)24-13-6-5-11-18(24)17-10-7-12-22-14-17/h2-4,7-10,12,14,18H,5-6,11,13H2,1H3/t18-/m1/s1. The molecule has 1 amide bonds. The number of hydrogen-bond donors (Lipinski definition) is 0. The first-order chi connectivity index (χ1) is 12.7. The van der Waals surface area contributed by atoms with Crippen molar-refractivity contribution < 1.29 is 4.79 Å². The van der Waals surface area contributed by atoms with Crippen molar-refractivity contribution in [3.8, 4) is 10.6 Å². The highest BCUT2D eigenvalue weighted by Crippen LogP contribution is 2.35. The molecule has 5 heteroatoms. The fourth-order valence-electron chi connectivity index (χ4n) is 3.52. The van der Waals surface area contributed by atoms with E-state index >= 15 is 0 Å². The Bertz CT molecular complexity index is 892. The summed E-state index contributed by atoms with van der Waals surface area (Å²) in [5.74, 6) is 0.0933. The molecule has 0 radical (unpaired) electrons. The van der Waals surface area contributed by atoms with Gasteiger partial charge in [-0.1, -0.05) is 36.4 Å². The van der Waals surface area contributed by atoms with Crippen LogP contribution in [-0.2, 0) is 0 Å². The van der Waals surface area contributed by atoms with Gasteiger partial charge in [0.05, 0.1) is 11.7 Å². The number of carbonyl (C=O) groups is 1. The number of amides is 1. The lowest BCUT2D eigenvalue weighted by Crippen LogP contribution is -2.38. The molecule has 0 aliphatic carbocycles. The van der Waals surface area contributed by atoms with Crippen LogP contribution < -0.4 is 0 Å². The van der Waals surface area contributed by atoms with E-state index in [1.807, 2.05) is 54.4 Å². The number of aryl methyl sites for hydroxylation is 1. The summed E-state index contributed by atoms with van der Waals surface area (Å²) in [6.45, 7) is 2.72. The van der Waals surface area contributed by atoms with Gasteiger partial charge in [-0.3, -0.25) is 9.78 Å². The number of hydrogen-bond acceptors (Lipinski definition) is 4. The largest absolute Gasteiger partial charge is 0.331 e. The van der Waals surface area contributed by atoms with Crippen LogP contribution in [0.5, 0.6) is 0 Å². The molecule has 26 heavy (non-hydrogen) atoms. The Balaban J connectivity index is 1.65. The van der Waals surface area contributed by atoms with E-state index in [0.29, 0.717) is 0 Å². The minimum atomic E-state index is 0.0933. The maximum absolute atomic E-state index is 13.3. The number of carbonyl (C=O) groups excluding carboxylic acids is 1. The number of rotatable bonds is 3. The van der Waals surface area contributed by atoms with Gasteiger partial charge >= 0.3 is 0 Å². The summed E-state index contributed by atoms with van der Waals surface area (Å²) in [6, 6.07) is 14.2. The van der Waals surface area contributed by atoms with E-state index in [1.165, 1.54) is 11.3 Å². The van der Waals surface area contributed by atoms with Gasteiger partial charge in [-0.15, -0.1) is 11.3 Å². The van der Waals surface area contributed by atoms with Gasteiger partial charge in [-0.25, -0.2) is 4.98 Å². The highest BCUT2D eigenvalue weighted by Gasteiger charge is 2.31. The van der Waals surface area contributed by atoms with Crippen LogP contribution in [0.3, 0.4) is 0 Å². The molecule has 2 aromatic heterocycles. The molecule has 0 saturated carbocycles. The second-order valence-electron chi connectivity index (χ2n) is 6.60. The molecule has 1 saturated heterocycles. The van der Waals surface area contributed by atoms with E-state index in [9.17, 15) is 4.79 Å². The van der Waals surface area contributed by atoms with Gasteiger partial charge in [0.1, 0.15) is 9.88 Å². The van der Waals surface area contributed by atoms with Crippen LogP contribution >= 0.6 is 11.3 Å². The van der Waals surface area contributed by atoms with Gasteiger partial charge in [0.25, 0.3) is 5.91 Å². The second kappa shape index (κ2) is 7.38. The molecule has 4 rings (SSSR count). The maximum Gasteiger partial charge on any atom is 0.266 e. The number of benzene rings is 1. The third-order valence-corrected chi connectivity index (χ3v) is 6.04. The smallest absolute Gasteiger partial charge is 0.266 e. The molecule has 0 spiro atoms. The van der Waals surface area contributed by atoms with E-state index in [1.54, 1.807) is 6.20 Å². The van der Waals surface area contributed by atoms with Crippen LogP contribution in [0.1, 0.15) is 46.2 Å². The summed E-state index contributed by atoms with van der Waals surface area (Å²) in [5.41, 5.74) is 2.99. The van der Waals surface area contributed by atoms with Crippen LogP contribution in [0, 0.1) is 6.92 Å². The Morgan fingerprint density at radius 2 is 2.00 bits per heavy atom. The molecular formula is C21H21N3OS. The van der Waals surface area contributed by atoms with Gasteiger partial charge in [0, 0.05) is 24.5 Å². The van der Waals surface area contributed by atoms with Crippen molar-refractivity contribution >= 4 is 17.2 Å².